The van der Waals surface area contributed by atoms with Gasteiger partial charge in [-0.2, -0.15) is 36.5 Å². The number of aliphatic hydroxyl groups excluding tert-OH is 1. The van der Waals surface area contributed by atoms with Gasteiger partial charge in [-0.3, -0.25) is 19.2 Å². The van der Waals surface area contributed by atoms with Gasteiger partial charge in [-0.1, -0.05) is 110 Å². The number of hydrogen-bond acceptors (Lipinski definition) is 18. The molecule has 0 radical (unpaired) electrons. The molecule has 3 fully saturated rings. The summed E-state index contributed by atoms with van der Waals surface area (Å²) in [4.78, 5) is 61.3. The number of nitrogens with two attached hydrogens (primary N) is 1. The molecule has 0 aliphatic carbocycles. The van der Waals surface area contributed by atoms with Crippen molar-refractivity contribution in [2.45, 2.75) is 116 Å². The van der Waals surface area contributed by atoms with Crippen molar-refractivity contribution in [3.05, 3.63) is 38.3 Å². The quantitative estimate of drug-likeness (QED) is 0.0381. The number of rotatable bonds is 17. The molecule has 3 atom stereocenters. The number of hydrogen-bond donors (Lipinski definition) is 2. The summed E-state index contributed by atoms with van der Waals surface area (Å²) < 4.78 is 170. The number of carbonyl (C=O) groups excluding carboxylic acids is 4. The SMILES string of the molecule is C.C.CI.CI.COCc1nnc(N)s1.I.O=C1C[C@H](CC(F)(F)Cl)CN1CCl.O=C1C[C@H](CC(F)(F)Cl)CN1CO.[2H]C([2H])([2H])C(=O)C([2H])([2H])Br.[2H]C([2H])([2H])c1cn2nc(COC)sc2n1.[2H]C([2H])([2H])c1nc2sc(COC)nn2c1CN1C[C@@H](CC(F)(F)Cl)CC1=O.[I][V]([I])[I]. The van der Waals surface area contributed by atoms with Crippen molar-refractivity contribution < 1.29 is 84.8 Å². The van der Waals surface area contributed by atoms with E-state index < -0.39 is 85.6 Å². The van der Waals surface area contributed by atoms with Gasteiger partial charge >= 0.3 is 81.0 Å². The topological polar surface area (TPSA) is 238 Å². The monoisotopic (exact) mass is 2170 g/mol. The third-order valence-corrected chi connectivity index (χ3v) is 13.5. The number of ketones is 1. The fourth-order valence-electron chi connectivity index (χ4n) is 7.06. The van der Waals surface area contributed by atoms with Crippen LogP contribution in [0, 0.1) is 31.5 Å². The second-order valence-corrected chi connectivity index (χ2v) is 57.2. The van der Waals surface area contributed by atoms with E-state index >= 15 is 0 Å². The van der Waals surface area contributed by atoms with Crippen LogP contribution < -0.4 is 5.73 Å². The van der Waals surface area contributed by atoms with E-state index in [-0.39, 0.29) is 143 Å². The van der Waals surface area contributed by atoms with Crippen molar-refractivity contribution >= 4 is 264 Å². The van der Waals surface area contributed by atoms with Crippen LogP contribution in [0.15, 0.2) is 6.20 Å². The number of nitrogens with zero attached hydrogens (tertiary/aromatic N) is 11. The molecule has 0 saturated carbocycles. The zero-order valence-corrected chi connectivity index (χ0v) is 66.4. The summed E-state index contributed by atoms with van der Waals surface area (Å²) in [5.74, 6) is -3.66. The Kier molecular flexibility index (Phi) is 42.9. The number of aromatic nitrogens is 8. The fraction of sp³-hybridized carbons (Fsp3) is 0.696. The van der Waals surface area contributed by atoms with Crippen LogP contribution in [-0.2, 0) is 64.7 Å². The first-order valence-electron chi connectivity index (χ1n) is 28.3. The number of likely N-dealkylation sites (tertiary alicyclic amines) is 3. The fourth-order valence-corrected chi connectivity index (χ4v) is 10.3. The molecule has 0 bridgehead atoms. The first kappa shape index (κ1) is 74.5. The standard InChI is InChI=1S/C14H17ClF2N4O2S.C7H9Cl2F2NO.C7H10ClF2NO2.C7H9N3OS.C4H7N3OS.C3H5BrO.2CH3I.2CH4.4HI.V/c1-8-10(21-13(18-8)24-11(19-21)7-23-2)6-20-5-9(3-12(20)22)4-14(15,16)17;8-4-12-3-5(1-6(12)13)2-7(9,10)11;8-7(9,10)2-5-1-6(13)11(3-5)4-12;1-5-3-10-7(8-5)12-6(9-10)4-11-2;1-8-2-3-6-7-4(5)9-3;1-3(5)2-4;2*1-2;;;;;;;/h9H,3-7H2,1-2H3;5H,1-4H2;5,12H,1-4H2;3H,4H2,1-2H3;2H2,1H3,(H2,5,7);2H2,1H3;2*1H3;2*1H4;4*1H;/q;;;;;;;;;;;;;;+3/p-3/t9-;2*5-;;;;;;;;;;;;/m111............/s1/i1D3;;;1D3;;1D3,2D2;;;;;;;;;. The number of alkyl halides is 13. The van der Waals surface area contributed by atoms with Crippen molar-refractivity contribution in [1.29, 1.82) is 0 Å². The van der Waals surface area contributed by atoms with E-state index in [2.05, 4.69) is 151 Å². The maximum absolute atomic E-state index is 13.0. The Balaban J connectivity index is -0.000000547. The predicted octanol–water partition coefficient (Wildman–Crippen LogP) is 15.2. The molecule has 20 nitrogen and oxygen atoms in total. The van der Waals surface area contributed by atoms with Crippen molar-refractivity contribution in [2.24, 2.45) is 17.8 Å². The number of Topliss-reactive ketones (excluding diaryl/α,β-unsaturated/α-hetero) is 1. The summed E-state index contributed by atoms with van der Waals surface area (Å²) in [6, 6.07) is 0.0587. The number of imidazole rings is 2. The van der Waals surface area contributed by atoms with Gasteiger partial charge in [0.1, 0.15) is 34.1 Å². The summed E-state index contributed by atoms with van der Waals surface area (Å²) in [7, 11) is 4.70. The van der Waals surface area contributed by atoms with Gasteiger partial charge in [0.15, 0.2) is 0 Å². The van der Waals surface area contributed by atoms with E-state index in [4.69, 9.17) is 86.5 Å². The molecule has 3 N–H and O–H groups in total. The predicted molar refractivity (Wildman–Crippen MR) is 390 cm³/mol. The van der Waals surface area contributed by atoms with Crippen molar-refractivity contribution in [3.63, 3.8) is 0 Å². The summed E-state index contributed by atoms with van der Waals surface area (Å²) in [5, 5.41) is 14.8. The van der Waals surface area contributed by atoms with E-state index in [0.717, 1.165) is 14.9 Å². The van der Waals surface area contributed by atoms with Crippen LogP contribution in [0.3, 0.4) is 0 Å². The van der Waals surface area contributed by atoms with Crippen molar-refractivity contribution in [3.8, 4) is 0 Å². The van der Waals surface area contributed by atoms with Crippen LogP contribution >= 0.6 is 225 Å². The minimum absolute atomic E-state index is 0. The zero-order valence-electron chi connectivity index (χ0n) is 55.8. The van der Waals surface area contributed by atoms with E-state index in [9.17, 15) is 45.5 Å². The van der Waals surface area contributed by atoms with Crippen LogP contribution in [0.5, 0.6) is 0 Å². The number of fused-ring (bicyclic) bond motifs is 2. The second-order valence-electron chi connectivity index (χ2n) is 16.3. The average molecular weight is 2180 g/mol. The van der Waals surface area contributed by atoms with Gasteiger partial charge < -0.3 is 39.8 Å². The van der Waals surface area contributed by atoms with E-state index in [0.29, 0.717) is 33.3 Å². The molecule has 87 heavy (non-hydrogen) atoms. The molecule has 3 amide bonds. The van der Waals surface area contributed by atoms with Crippen LogP contribution in [0.25, 0.3) is 9.92 Å². The molecule has 0 aromatic carbocycles. The Morgan fingerprint density at radius 1 is 0.759 bits per heavy atom. The Labute approximate surface area is 642 Å². The van der Waals surface area contributed by atoms with Gasteiger partial charge in [-0.15, -0.1) is 45.8 Å². The van der Waals surface area contributed by atoms with Crippen molar-refractivity contribution in [1.82, 2.24) is 54.1 Å². The van der Waals surface area contributed by atoms with Crippen LogP contribution in [0.2, 0.25) is 0 Å². The number of carbonyl (C=O) groups is 4. The van der Waals surface area contributed by atoms with Crippen LogP contribution in [0.1, 0.15) is 107 Å². The third-order valence-electron chi connectivity index (χ3n) is 9.89. The molecule has 506 valence electrons. The first-order valence-corrected chi connectivity index (χ1v) is 45.5. The van der Waals surface area contributed by atoms with E-state index in [1.165, 1.54) is 66.1 Å². The molecular formula is C46H72BrCl4F6I6N12O8S3V. The summed E-state index contributed by atoms with van der Waals surface area (Å²) >= 11 is 37.7. The molecule has 5 aromatic heterocycles. The molecule has 41 heteroatoms. The van der Waals surface area contributed by atoms with Crippen LogP contribution in [-0.4, -0.2) is 168 Å². The number of aliphatic hydroxyl groups is 1. The minimum atomic E-state index is -3.38. The molecule has 3 aliphatic rings. The normalized spacial score (nSPS) is 18.5. The van der Waals surface area contributed by atoms with E-state index in [1.807, 2.05) is 9.86 Å². The number of ether oxygens (including phenoxy) is 3. The Morgan fingerprint density at radius 2 is 1.20 bits per heavy atom. The van der Waals surface area contributed by atoms with Crippen molar-refractivity contribution in [2.75, 3.05) is 74.6 Å². The summed E-state index contributed by atoms with van der Waals surface area (Å²) in [6.07, 6.45) is -0.0564. The molecular weight excluding hydrogens is 2090 g/mol. The molecule has 5 aromatic rings. The average Bonchev–Trinajstić information content (AvgIpc) is 1.61. The molecule has 0 spiro atoms. The Hall–Kier alpha value is 1.66. The number of nitrogen functional groups attached to an aromatic ring is 1. The zero-order chi connectivity index (χ0) is 74.0. The first-order chi connectivity index (χ1) is 43.5. The Morgan fingerprint density at radius 3 is 1.55 bits per heavy atom. The summed E-state index contributed by atoms with van der Waals surface area (Å²) in [5.41, 5.74) is 5.47. The molecule has 8 rings (SSSR count). The third kappa shape index (κ3) is 41.4. The van der Waals surface area contributed by atoms with Gasteiger partial charge in [0.2, 0.25) is 32.8 Å². The van der Waals surface area contributed by atoms with Crippen LogP contribution in [0.4, 0.5) is 31.5 Å². The number of aryl methyl sites for hydroxylation is 2. The summed E-state index contributed by atoms with van der Waals surface area (Å²) in [6.45, 7) is -6.35. The molecule has 0 unspecified atom stereocenters. The Bertz CT molecular complexity index is 3050. The maximum atomic E-state index is 13.0. The van der Waals surface area contributed by atoms with E-state index in [1.54, 1.807) is 14.2 Å². The number of methoxy groups -OCH3 is 3. The molecule has 3 saturated heterocycles. The molecule has 3 aliphatic heterocycles. The van der Waals surface area contributed by atoms with Gasteiger partial charge in [-0.25, -0.2) is 19.0 Å². The van der Waals surface area contributed by atoms with Gasteiger partial charge in [-0.05, 0) is 83.0 Å². The number of amides is 3. The second kappa shape index (κ2) is 50.1. The number of anilines is 1. The van der Waals surface area contributed by atoms with Gasteiger partial charge in [0, 0.05) is 94.6 Å². The molecule has 8 heterocycles. The van der Waals surface area contributed by atoms with Gasteiger partial charge in [0.25, 0.3) is 0 Å². The van der Waals surface area contributed by atoms with Gasteiger partial charge in [0.05, 0.1) is 54.3 Å². The number of halogens is 17.